The lowest BCUT2D eigenvalue weighted by molar-refractivity contribution is 0.0941. The van der Waals surface area contributed by atoms with E-state index in [2.05, 4.69) is 10.3 Å². The number of amides is 1. The first-order valence-electron chi connectivity index (χ1n) is 9.36. The monoisotopic (exact) mass is 445 g/mol. The van der Waals surface area contributed by atoms with Crippen LogP contribution in [0.2, 0.25) is 5.02 Å². The third-order valence-electron chi connectivity index (χ3n) is 4.63. The number of methoxy groups -OCH3 is 1. The highest BCUT2D eigenvalue weighted by Crippen LogP contribution is 2.29. The summed E-state index contributed by atoms with van der Waals surface area (Å²) in [4.78, 5) is 19.0. The average Bonchev–Trinajstić information content (AvgIpc) is 3.26. The molecule has 3 rings (SSSR count). The number of hydrogen-bond donors (Lipinski definition) is 1. The molecular formula is C22H24ClN3O3S. The minimum atomic E-state index is -0.196. The lowest BCUT2D eigenvalue weighted by atomic mass is 10.1. The van der Waals surface area contributed by atoms with Crippen molar-refractivity contribution in [2.24, 2.45) is 0 Å². The van der Waals surface area contributed by atoms with Gasteiger partial charge in [-0.3, -0.25) is 4.79 Å². The molecule has 0 fully saturated rings. The van der Waals surface area contributed by atoms with Crippen LogP contribution in [-0.2, 0) is 6.61 Å². The van der Waals surface area contributed by atoms with Crippen molar-refractivity contribution in [2.75, 3.05) is 27.7 Å². The zero-order valence-corrected chi connectivity index (χ0v) is 18.7. The molecule has 30 heavy (non-hydrogen) atoms. The van der Waals surface area contributed by atoms with Crippen LogP contribution in [0.25, 0.3) is 0 Å². The molecule has 0 radical (unpaired) electrons. The highest BCUT2D eigenvalue weighted by molar-refractivity contribution is 7.07. The van der Waals surface area contributed by atoms with E-state index in [0.717, 1.165) is 11.3 Å². The van der Waals surface area contributed by atoms with Crippen LogP contribution in [0.4, 0.5) is 0 Å². The molecule has 8 heteroatoms. The maximum atomic E-state index is 12.7. The van der Waals surface area contributed by atoms with Gasteiger partial charge in [-0.25, -0.2) is 4.98 Å². The van der Waals surface area contributed by atoms with Gasteiger partial charge < -0.3 is 19.7 Å². The summed E-state index contributed by atoms with van der Waals surface area (Å²) in [6, 6.07) is 12.7. The van der Waals surface area contributed by atoms with Crippen LogP contribution >= 0.6 is 22.9 Å². The molecule has 1 aromatic heterocycles. The molecule has 1 unspecified atom stereocenters. The fourth-order valence-electron chi connectivity index (χ4n) is 3.00. The minimum absolute atomic E-state index is 0.0507. The summed E-state index contributed by atoms with van der Waals surface area (Å²) in [5, 5.41) is 5.59. The van der Waals surface area contributed by atoms with Crippen molar-refractivity contribution < 1.29 is 14.3 Å². The number of thiazole rings is 1. The highest BCUT2D eigenvalue weighted by atomic mass is 35.5. The van der Waals surface area contributed by atoms with Gasteiger partial charge in [-0.15, -0.1) is 11.3 Å². The second-order valence-electron chi connectivity index (χ2n) is 6.85. The van der Waals surface area contributed by atoms with Crippen LogP contribution in [0, 0.1) is 0 Å². The molecule has 3 aromatic rings. The van der Waals surface area contributed by atoms with Gasteiger partial charge in [0, 0.05) is 22.5 Å². The second-order valence-corrected chi connectivity index (χ2v) is 7.97. The molecule has 0 aliphatic carbocycles. The molecule has 0 spiro atoms. The Bertz CT molecular complexity index is 980. The van der Waals surface area contributed by atoms with E-state index in [-0.39, 0.29) is 11.9 Å². The van der Waals surface area contributed by atoms with Crippen molar-refractivity contribution in [3.05, 3.63) is 75.2 Å². The summed E-state index contributed by atoms with van der Waals surface area (Å²) in [6.07, 6.45) is 0. The Morgan fingerprint density at radius 3 is 2.70 bits per heavy atom. The summed E-state index contributed by atoms with van der Waals surface area (Å²) in [7, 11) is 5.46. The molecule has 1 amide bonds. The van der Waals surface area contributed by atoms with Gasteiger partial charge in [-0.05, 0) is 43.9 Å². The standard InChI is InChI=1S/C22H24ClN3O3S/c1-26(2)19(17-6-4-5-7-18(17)23)11-24-22(27)15-8-9-20(21(10-15)28-3)29-12-16-13-30-14-25-16/h4-10,13-14,19H,11-12H2,1-3H3,(H,24,27). The molecule has 1 heterocycles. The Labute approximate surface area is 185 Å². The number of benzene rings is 2. The van der Waals surface area contributed by atoms with Crippen molar-refractivity contribution in [3.8, 4) is 11.5 Å². The van der Waals surface area contributed by atoms with Crippen molar-refractivity contribution in [1.29, 1.82) is 0 Å². The van der Waals surface area contributed by atoms with Crippen LogP contribution in [0.5, 0.6) is 11.5 Å². The smallest absolute Gasteiger partial charge is 0.251 e. The van der Waals surface area contributed by atoms with Gasteiger partial charge in [0.2, 0.25) is 0 Å². The average molecular weight is 446 g/mol. The molecule has 2 aromatic carbocycles. The van der Waals surface area contributed by atoms with Crippen LogP contribution in [0.3, 0.4) is 0 Å². The van der Waals surface area contributed by atoms with Crippen LogP contribution in [-0.4, -0.2) is 43.5 Å². The Kier molecular flexibility index (Phi) is 7.68. The first-order valence-corrected chi connectivity index (χ1v) is 10.7. The fourth-order valence-corrected chi connectivity index (χ4v) is 3.80. The molecule has 6 nitrogen and oxygen atoms in total. The Hall–Kier alpha value is -2.61. The largest absolute Gasteiger partial charge is 0.493 e. The van der Waals surface area contributed by atoms with Crippen LogP contribution in [0.1, 0.15) is 27.7 Å². The van der Waals surface area contributed by atoms with Crippen molar-refractivity contribution >= 4 is 28.8 Å². The van der Waals surface area contributed by atoms with Gasteiger partial charge in [-0.1, -0.05) is 29.8 Å². The number of halogens is 1. The van der Waals surface area contributed by atoms with Crippen molar-refractivity contribution in [1.82, 2.24) is 15.2 Å². The maximum Gasteiger partial charge on any atom is 0.251 e. The molecule has 158 valence electrons. The van der Waals surface area contributed by atoms with Crippen molar-refractivity contribution in [2.45, 2.75) is 12.6 Å². The molecule has 0 bridgehead atoms. The summed E-state index contributed by atoms with van der Waals surface area (Å²) in [6.45, 7) is 0.758. The van der Waals surface area contributed by atoms with E-state index in [1.807, 2.05) is 48.6 Å². The lowest BCUT2D eigenvalue weighted by Gasteiger charge is -2.26. The summed E-state index contributed by atoms with van der Waals surface area (Å²) in [5.41, 5.74) is 4.06. The third kappa shape index (κ3) is 5.50. The number of likely N-dealkylation sites (N-methyl/N-ethyl adjacent to an activating group) is 1. The Balaban J connectivity index is 1.67. The van der Waals surface area contributed by atoms with E-state index in [9.17, 15) is 4.79 Å². The summed E-state index contributed by atoms with van der Waals surface area (Å²) in [5.74, 6) is 0.857. The molecule has 0 aliphatic heterocycles. The number of nitrogens with zero attached hydrogens (tertiary/aromatic N) is 2. The number of rotatable bonds is 9. The zero-order chi connectivity index (χ0) is 21.5. The number of ether oxygens (including phenoxy) is 2. The molecule has 0 saturated carbocycles. The lowest BCUT2D eigenvalue weighted by Crippen LogP contribution is -2.34. The zero-order valence-electron chi connectivity index (χ0n) is 17.1. The number of nitrogens with one attached hydrogen (secondary N) is 1. The van der Waals surface area contributed by atoms with Gasteiger partial charge in [0.15, 0.2) is 11.5 Å². The van der Waals surface area contributed by atoms with Gasteiger partial charge in [0.1, 0.15) is 6.61 Å². The number of hydrogen-bond acceptors (Lipinski definition) is 6. The molecule has 0 saturated heterocycles. The van der Waals surface area contributed by atoms with Crippen LogP contribution < -0.4 is 14.8 Å². The van der Waals surface area contributed by atoms with E-state index in [1.54, 1.807) is 30.8 Å². The minimum Gasteiger partial charge on any atom is -0.493 e. The van der Waals surface area contributed by atoms with E-state index in [0.29, 0.717) is 35.2 Å². The quantitative estimate of drug-likeness (QED) is 0.528. The van der Waals surface area contributed by atoms with E-state index < -0.39 is 0 Å². The summed E-state index contributed by atoms with van der Waals surface area (Å²) >= 11 is 7.86. The topological polar surface area (TPSA) is 63.7 Å². The maximum absolute atomic E-state index is 12.7. The first-order chi connectivity index (χ1) is 14.5. The Morgan fingerprint density at radius 2 is 2.03 bits per heavy atom. The van der Waals surface area contributed by atoms with E-state index >= 15 is 0 Å². The van der Waals surface area contributed by atoms with Gasteiger partial charge >= 0.3 is 0 Å². The summed E-state index contributed by atoms with van der Waals surface area (Å²) < 4.78 is 11.2. The second kappa shape index (κ2) is 10.4. The third-order valence-corrected chi connectivity index (χ3v) is 5.61. The van der Waals surface area contributed by atoms with E-state index in [4.69, 9.17) is 21.1 Å². The first kappa shape index (κ1) is 22.1. The molecule has 1 N–H and O–H groups in total. The molecule has 1 atom stereocenters. The highest BCUT2D eigenvalue weighted by Gasteiger charge is 2.19. The predicted octanol–water partition coefficient (Wildman–Crippen LogP) is 4.42. The van der Waals surface area contributed by atoms with Gasteiger partial charge in [0.25, 0.3) is 5.91 Å². The van der Waals surface area contributed by atoms with Crippen molar-refractivity contribution in [3.63, 3.8) is 0 Å². The number of carbonyl (C=O) groups excluding carboxylic acids is 1. The molecular weight excluding hydrogens is 422 g/mol. The normalized spacial score (nSPS) is 11.9. The Morgan fingerprint density at radius 1 is 1.23 bits per heavy atom. The predicted molar refractivity (Wildman–Crippen MR) is 120 cm³/mol. The van der Waals surface area contributed by atoms with Gasteiger partial charge in [-0.2, -0.15) is 0 Å². The number of carbonyl (C=O) groups is 1. The van der Waals surface area contributed by atoms with Gasteiger partial charge in [0.05, 0.1) is 24.4 Å². The fraction of sp³-hybridized carbons (Fsp3) is 0.273. The van der Waals surface area contributed by atoms with E-state index in [1.165, 1.54) is 11.3 Å². The number of aromatic nitrogens is 1. The van der Waals surface area contributed by atoms with Crippen LogP contribution in [0.15, 0.2) is 53.4 Å². The SMILES string of the molecule is COc1cc(C(=O)NCC(c2ccccc2Cl)N(C)C)ccc1OCc1cscn1. The molecule has 0 aliphatic rings.